The average molecular weight is 234 g/mol. The van der Waals surface area contributed by atoms with Crippen molar-refractivity contribution in [2.24, 2.45) is 0 Å². The molecular weight excluding hydrogens is 224 g/mol. The maximum Gasteiger partial charge on any atom is 0.397 e. The lowest BCUT2D eigenvalue weighted by molar-refractivity contribution is -0.152. The number of nitrogens with zero attached hydrogens (tertiary/aromatic N) is 2. The molecule has 2 rings (SSSR count). The topological polar surface area (TPSA) is 97.0 Å². The van der Waals surface area contributed by atoms with E-state index in [-0.39, 0.29) is 6.61 Å². The zero-order chi connectivity index (χ0) is 12.3. The second-order valence-electron chi connectivity index (χ2n) is 3.17. The molecule has 0 unspecified atom stereocenters. The maximum atomic E-state index is 11.4. The smallest absolute Gasteiger partial charge is 0.397 e. The molecular formula is C10H10N4O3. The van der Waals surface area contributed by atoms with Gasteiger partial charge in [0.2, 0.25) is 0 Å². The first kappa shape index (κ1) is 11.1. The van der Waals surface area contributed by atoms with Crippen LogP contribution in [-0.4, -0.2) is 33.9 Å². The lowest BCUT2D eigenvalue weighted by Crippen LogP contribution is -2.25. The van der Waals surface area contributed by atoms with Crippen LogP contribution in [0.4, 0.5) is 5.69 Å². The van der Waals surface area contributed by atoms with Crippen LogP contribution in [0.1, 0.15) is 6.92 Å². The summed E-state index contributed by atoms with van der Waals surface area (Å²) in [5, 5.41) is 12.6. The van der Waals surface area contributed by atoms with Crippen molar-refractivity contribution in [2.75, 3.05) is 11.9 Å². The lowest BCUT2D eigenvalue weighted by atomic mass is 10.2. The highest BCUT2D eigenvalue weighted by molar-refractivity contribution is 6.37. The summed E-state index contributed by atoms with van der Waals surface area (Å²) in [6, 6.07) is 5.06. The molecule has 0 aliphatic carbocycles. The molecule has 0 aliphatic rings. The monoisotopic (exact) mass is 234 g/mol. The fourth-order valence-electron chi connectivity index (χ4n) is 1.34. The normalized spacial score (nSPS) is 10.2. The first-order valence-corrected chi connectivity index (χ1v) is 5.00. The van der Waals surface area contributed by atoms with E-state index in [0.717, 1.165) is 0 Å². The van der Waals surface area contributed by atoms with E-state index < -0.39 is 11.9 Å². The number of para-hydroxylation sites is 1. The Morgan fingerprint density at radius 2 is 2.24 bits per heavy atom. The van der Waals surface area contributed by atoms with E-state index in [1.807, 2.05) is 0 Å². The molecule has 17 heavy (non-hydrogen) atoms. The molecule has 2 N–H and O–H groups in total. The van der Waals surface area contributed by atoms with Gasteiger partial charge in [0.05, 0.1) is 12.3 Å². The molecule has 2 aromatic rings. The third kappa shape index (κ3) is 2.22. The quantitative estimate of drug-likeness (QED) is 0.581. The third-order valence-electron chi connectivity index (χ3n) is 2.06. The van der Waals surface area contributed by atoms with Crippen molar-refractivity contribution in [3.05, 3.63) is 18.2 Å². The van der Waals surface area contributed by atoms with E-state index in [1.165, 1.54) is 0 Å². The van der Waals surface area contributed by atoms with Crippen molar-refractivity contribution >= 4 is 28.6 Å². The van der Waals surface area contributed by atoms with Crippen LogP contribution in [0.25, 0.3) is 11.0 Å². The Morgan fingerprint density at radius 3 is 3.00 bits per heavy atom. The summed E-state index contributed by atoms with van der Waals surface area (Å²) in [5.74, 6) is -1.75. The number of fused-ring (bicyclic) bond motifs is 1. The predicted octanol–water partition coefficient (Wildman–Crippen LogP) is 0.459. The van der Waals surface area contributed by atoms with Gasteiger partial charge in [-0.25, -0.2) is 4.79 Å². The van der Waals surface area contributed by atoms with E-state index in [4.69, 9.17) is 0 Å². The number of esters is 1. The Bertz CT molecular complexity index is 563. The van der Waals surface area contributed by atoms with E-state index in [9.17, 15) is 9.59 Å². The van der Waals surface area contributed by atoms with Gasteiger partial charge in [0, 0.05) is 0 Å². The number of hydrogen-bond donors (Lipinski definition) is 2. The Labute approximate surface area is 96.1 Å². The number of H-pyrrole nitrogens is 1. The molecule has 0 saturated heterocycles. The van der Waals surface area contributed by atoms with Crippen molar-refractivity contribution in [3.63, 3.8) is 0 Å². The number of ether oxygens (including phenoxy) is 1. The second kappa shape index (κ2) is 4.60. The molecule has 7 heteroatoms. The zero-order valence-electron chi connectivity index (χ0n) is 9.06. The maximum absolute atomic E-state index is 11.4. The molecule has 0 aliphatic heterocycles. The fourth-order valence-corrected chi connectivity index (χ4v) is 1.34. The van der Waals surface area contributed by atoms with Gasteiger partial charge in [-0.1, -0.05) is 6.07 Å². The molecule has 7 nitrogen and oxygen atoms in total. The highest BCUT2D eigenvalue weighted by atomic mass is 16.5. The largest absolute Gasteiger partial charge is 0.459 e. The van der Waals surface area contributed by atoms with Crippen molar-refractivity contribution in [1.82, 2.24) is 15.4 Å². The van der Waals surface area contributed by atoms with Gasteiger partial charge in [-0.15, -0.1) is 0 Å². The number of benzene rings is 1. The minimum Gasteiger partial charge on any atom is -0.459 e. The number of carbonyl (C=O) groups is 2. The summed E-state index contributed by atoms with van der Waals surface area (Å²) in [5.41, 5.74) is 1.51. The van der Waals surface area contributed by atoms with E-state index in [2.05, 4.69) is 25.5 Å². The van der Waals surface area contributed by atoms with Crippen LogP contribution >= 0.6 is 0 Å². The van der Waals surface area contributed by atoms with Crippen LogP contribution in [0.3, 0.4) is 0 Å². The molecule has 1 heterocycles. The highest BCUT2D eigenvalue weighted by Gasteiger charge is 2.16. The summed E-state index contributed by atoms with van der Waals surface area (Å²) in [6.07, 6.45) is 0. The van der Waals surface area contributed by atoms with Gasteiger partial charge in [-0.2, -0.15) is 15.4 Å². The molecule has 1 aromatic heterocycles. The van der Waals surface area contributed by atoms with E-state index >= 15 is 0 Å². The molecule has 88 valence electrons. The molecule has 0 saturated carbocycles. The molecule has 0 radical (unpaired) electrons. The standard InChI is InChI=1S/C10H10N4O3/c1-2-17-10(16)9(15)11-6-4-3-5-7-8(6)13-14-12-7/h3-5H,2H2,1H3,(H,11,15)(H,12,13,14). The SMILES string of the molecule is CCOC(=O)C(=O)Nc1cccc2n[nH]nc12. The lowest BCUT2D eigenvalue weighted by Gasteiger charge is -2.04. The first-order chi connectivity index (χ1) is 8.22. The van der Waals surface area contributed by atoms with Gasteiger partial charge in [-0.3, -0.25) is 4.79 Å². The van der Waals surface area contributed by atoms with Gasteiger partial charge in [0.1, 0.15) is 11.0 Å². The number of nitrogens with one attached hydrogen (secondary N) is 2. The van der Waals surface area contributed by atoms with Crippen molar-refractivity contribution in [2.45, 2.75) is 6.92 Å². The minimum absolute atomic E-state index is 0.153. The van der Waals surface area contributed by atoms with Crippen LogP contribution in [0.5, 0.6) is 0 Å². The Morgan fingerprint density at radius 1 is 1.41 bits per heavy atom. The highest BCUT2D eigenvalue weighted by Crippen LogP contribution is 2.18. The predicted molar refractivity (Wildman–Crippen MR) is 59.2 cm³/mol. The van der Waals surface area contributed by atoms with Gasteiger partial charge in [0.25, 0.3) is 0 Å². The number of aromatic nitrogens is 3. The third-order valence-corrected chi connectivity index (χ3v) is 2.06. The average Bonchev–Trinajstić information content (AvgIpc) is 2.78. The second-order valence-corrected chi connectivity index (χ2v) is 3.17. The summed E-state index contributed by atoms with van der Waals surface area (Å²) in [6.45, 7) is 1.78. The Balaban J connectivity index is 2.21. The van der Waals surface area contributed by atoms with Gasteiger partial charge in [-0.05, 0) is 19.1 Å². The molecule has 1 amide bonds. The number of amides is 1. The van der Waals surface area contributed by atoms with Gasteiger partial charge < -0.3 is 10.1 Å². The molecule has 0 atom stereocenters. The van der Waals surface area contributed by atoms with Gasteiger partial charge in [0.15, 0.2) is 0 Å². The van der Waals surface area contributed by atoms with E-state index in [0.29, 0.717) is 16.7 Å². The van der Waals surface area contributed by atoms with Crippen LogP contribution in [0.15, 0.2) is 18.2 Å². The number of aromatic amines is 1. The molecule has 0 bridgehead atoms. The minimum atomic E-state index is -0.923. The molecule has 1 aromatic carbocycles. The Hall–Kier alpha value is -2.44. The molecule has 0 spiro atoms. The van der Waals surface area contributed by atoms with Crippen LogP contribution in [-0.2, 0) is 14.3 Å². The van der Waals surface area contributed by atoms with E-state index in [1.54, 1.807) is 25.1 Å². The summed E-state index contributed by atoms with van der Waals surface area (Å²) in [7, 11) is 0. The summed E-state index contributed by atoms with van der Waals surface area (Å²) >= 11 is 0. The Kier molecular flexibility index (Phi) is 2.99. The number of hydrogen-bond acceptors (Lipinski definition) is 5. The van der Waals surface area contributed by atoms with Crippen molar-refractivity contribution < 1.29 is 14.3 Å². The van der Waals surface area contributed by atoms with Crippen LogP contribution < -0.4 is 5.32 Å². The summed E-state index contributed by atoms with van der Waals surface area (Å²) in [4.78, 5) is 22.6. The first-order valence-electron chi connectivity index (χ1n) is 5.00. The fraction of sp³-hybridized carbons (Fsp3) is 0.200. The van der Waals surface area contributed by atoms with Crippen LogP contribution in [0.2, 0.25) is 0 Å². The molecule has 0 fully saturated rings. The number of anilines is 1. The zero-order valence-corrected chi connectivity index (χ0v) is 9.06. The number of rotatable bonds is 2. The summed E-state index contributed by atoms with van der Waals surface area (Å²) < 4.78 is 4.57. The van der Waals surface area contributed by atoms with Crippen molar-refractivity contribution in [3.8, 4) is 0 Å². The van der Waals surface area contributed by atoms with Crippen LogP contribution in [0, 0.1) is 0 Å². The van der Waals surface area contributed by atoms with Gasteiger partial charge >= 0.3 is 11.9 Å². The van der Waals surface area contributed by atoms with Crippen molar-refractivity contribution in [1.29, 1.82) is 0 Å². The number of carbonyl (C=O) groups excluding carboxylic acids is 2.